The van der Waals surface area contributed by atoms with Crippen molar-refractivity contribution in [3.63, 3.8) is 0 Å². The van der Waals surface area contributed by atoms with Crippen LogP contribution in [-0.4, -0.2) is 28.8 Å². The van der Waals surface area contributed by atoms with Crippen LogP contribution in [0, 0.1) is 0 Å². The van der Waals surface area contributed by atoms with E-state index in [0.29, 0.717) is 6.54 Å². The maximum absolute atomic E-state index is 11.0. The zero-order valence-electron chi connectivity index (χ0n) is 9.04. The lowest BCUT2D eigenvalue weighted by Crippen LogP contribution is -2.52. The smallest absolute Gasteiger partial charge is 0.408 e. The molecule has 1 aromatic rings. The van der Waals surface area contributed by atoms with Crippen molar-refractivity contribution in [2.45, 2.75) is 24.9 Å². The van der Waals surface area contributed by atoms with Crippen LogP contribution in [0.15, 0.2) is 30.3 Å². The van der Waals surface area contributed by atoms with Crippen LogP contribution in [0.1, 0.15) is 24.3 Å². The number of nitrogens with two attached hydrogens (primary N) is 1. The van der Waals surface area contributed by atoms with Crippen LogP contribution in [0.3, 0.4) is 0 Å². The molecule has 0 spiro atoms. The summed E-state index contributed by atoms with van der Waals surface area (Å²) in [5.74, 6) is 0.117. The maximum Gasteiger partial charge on any atom is 0.408 e. The number of carbonyl (C=O) groups is 1. The molecule has 0 radical (unpaired) electrons. The van der Waals surface area contributed by atoms with Crippen LogP contribution in [0.4, 0.5) is 4.79 Å². The highest BCUT2D eigenvalue weighted by Gasteiger charge is 2.32. The van der Waals surface area contributed by atoms with Crippen molar-refractivity contribution >= 4 is 6.09 Å². The molecule has 4 nitrogen and oxygen atoms in total. The first-order valence-electron chi connectivity index (χ1n) is 5.50. The average Bonchev–Trinajstić information content (AvgIpc) is 2.30. The molecule has 2 atom stereocenters. The minimum atomic E-state index is -0.923. The Morgan fingerprint density at radius 3 is 2.69 bits per heavy atom. The summed E-state index contributed by atoms with van der Waals surface area (Å²) < 4.78 is 0. The second kappa shape index (κ2) is 4.53. The third kappa shape index (κ3) is 2.02. The molecule has 1 heterocycles. The van der Waals surface area contributed by atoms with Gasteiger partial charge in [-0.15, -0.1) is 0 Å². The maximum atomic E-state index is 11.0. The molecule has 1 aromatic carbocycles. The van der Waals surface area contributed by atoms with Crippen molar-refractivity contribution in [1.29, 1.82) is 0 Å². The zero-order chi connectivity index (χ0) is 11.5. The highest BCUT2D eigenvalue weighted by molar-refractivity contribution is 5.65. The molecule has 1 saturated heterocycles. The lowest BCUT2D eigenvalue weighted by molar-refractivity contribution is 0.0988. The van der Waals surface area contributed by atoms with E-state index in [1.807, 2.05) is 30.3 Å². The highest BCUT2D eigenvalue weighted by atomic mass is 16.4. The first-order chi connectivity index (χ1) is 7.70. The second-order valence-corrected chi connectivity index (χ2v) is 4.13. The van der Waals surface area contributed by atoms with E-state index in [9.17, 15) is 4.79 Å². The Hall–Kier alpha value is -1.55. The van der Waals surface area contributed by atoms with Crippen molar-refractivity contribution in [3.05, 3.63) is 35.9 Å². The molecule has 0 aliphatic carbocycles. The van der Waals surface area contributed by atoms with Crippen molar-refractivity contribution < 1.29 is 9.90 Å². The van der Waals surface area contributed by atoms with Gasteiger partial charge in [-0.25, -0.2) is 4.79 Å². The quantitative estimate of drug-likeness (QED) is 0.758. The first-order valence-corrected chi connectivity index (χ1v) is 5.50. The molecule has 0 saturated carbocycles. The molecule has 16 heavy (non-hydrogen) atoms. The minimum absolute atomic E-state index is 0.117. The fourth-order valence-electron chi connectivity index (χ4n) is 2.31. The van der Waals surface area contributed by atoms with E-state index in [-0.39, 0.29) is 5.92 Å². The van der Waals surface area contributed by atoms with Crippen LogP contribution < -0.4 is 5.73 Å². The lowest BCUT2D eigenvalue weighted by Gasteiger charge is -2.37. The van der Waals surface area contributed by atoms with Crippen molar-refractivity contribution in [3.8, 4) is 0 Å². The lowest BCUT2D eigenvalue weighted by atomic mass is 9.88. The number of piperidine rings is 1. The summed E-state index contributed by atoms with van der Waals surface area (Å²) in [6, 6.07) is 9.89. The van der Waals surface area contributed by atoms with E-state index >= 15 is 0 Å². The average molecular weight is 220 g/mol. The molecule has 0 aromatic heterocycles. The summed E-state index contributed by atoms with van der Waals surface area (Å²) in [4.78, 5) is 12.3. The fraction of sp³-hybridized carbons (Fsp3) is 0.417. The Morgan fingerprint density at radius 1 is 1.38 bits per heavy atom. The third-order valence-corrected chi connectivity index (χ3v) is 3.16. The molecule has 2 rings (SSSR count). The number of carboxylic acid groups (broad SMARTS) is 1. The number of benzene rings is 1. The van der Waals surface area contributed by atoms with Gasteiger partial charge in [0.05, 0.1) is 6.17 Å². The highest BCUT2D eigenvalue weighted by Crippen LogP contribution is 2.29. The molecule has 1 aliphatic heterocycles. The van der Waals surface area contributed by atoms with Crippen molar-refractivity contribution in [1.82, 2.24) is 4.90 Å². The third-order valence-electron chi connectivity index (χ3n) is 3.16. The van der Waals surface area contributed by atoms with Crippen molar-refractivity contribution in [2.75, 3.05) is 6.54 Å². The Labute approximate surface area is 94.7 Å². The Kier molecular flexibility index (Phi) is 3.10. The van der Waals surface area contributed by atoms with E-state index < -0.39 is 12.3 Å². The SMILES string of the molecule is NC1C(c2ccccc2)CCCN1C(=O)O. The van der Waals surface area contributed by atoms with Crippen LogP contribution in [0.25, 0.3) is 0 Å². The molecular formula is C12H16N2O2. The predicted octanol–water partition coefficient (Wildman–Crippen LogP) is 1.83. The largest absolute Gasteiger partial charge is 0.465 e. The van der Waals surface area contributed by atoms with Gasteiger partial charge in [0.1, 0.15) is 0 Å². The number of rotatable bonds is 1. The summed E-state index contributed by atoms with van der Waals surface area (Å²) in [6.07, 6.45) is 0.482. The topological polar surface area (TPSA) is 66.6 Å². The van der Waals surface area contributed by atoms with Crippen LogP contribution >= 0.6 is 0 Å². The Morgan fingerprint density at radius 2 is 2.06 bits per heavy atom. The molecule has 1 amide bonds. The molecule has 1 aliphatic rings. The Bertz CT molecular complexity index is 367. The number of nitrogens with zero attached hydrogens (tertiary/aromatic N) is 1. The molecule has 0 bridgehead atoms. The Balaban J connectivity index is 2.19. The van der Waals surface area contributed by atoms with Gasteiger partial charge in [-0.3, -0.25) is 4.90 Å². The van der Waals surface area contributed by atoms with E-state index in [1.54, 1.807) is 0 Å². The summed E-state index contributed by atoms with van der Waals surface area (Å²) in [5, 5.41) is 9.02. The predicted molar refractivity (Wildman–Crippen MR) is 61.1 cm³/mol. The molecule has 4 heteroatoms. The van der Waals surface area contributed by atoms with Crippen molar-refractivity contribution in [2.24, 2.45) is 5.73 Å². The standard InChI is InChI=1S/C12H16N2O2/c13-11-10(9-5-2-1-3-6-9)7-4-8-14(11)12(15)16/h1-3,5-6,10-11H,4,7-8,13H2,(H,15,16). The number of hydrogen-bond donors (Lipinski definition) is 2. The number of hydrogen-bond acceptors (Lipinski definition) is 2. The second-order valence-electron chi connectivity index (χ2n) is 4.13. The molecule has 86 valence electrons. The summed E-state index contributed by atoms with van der Waals surface area (Å²) in [7, 11) is 0. The molecule has 1 fully saturated rings. The molecular weight excluding hydrogens is 204 g/mol. The van der Waals surface area contributed by atoms with Gasteiger partial charge < -0.3 is 10.8 Å². The molecule has 2 unspecified atom stereocenters. The number of amides is 1. The van der Waals surface area contributed by atoms with Gasteiger partial charge in [-0.2, -0.15) is 0 Å². The van der Waals surface area contributed by atoms with E-state index in [1.165, 1.54) is 4.90 Å². The monoisotopic (exact) mass is 220 g/mol. The zero-order valence-corrected chi connectivity index (χ0v) is 9.04. The summed E-state index contributed by atoms with van der Waals surface area (Å²) in [6.45, 7) is 0.542. The summed E-state index contributed by atoms with van der Waals surface area (Å²) >= 11 is 0. The number of likely N-dealkylation sites (tertiary alicyclic amines) is 1. The van der Waals surface area contributed by atoms with Gasteiger partial charge in [-0.1, -0.05) is 30.3 Å². The first kappa shape index (κ1) is 11.0. The van der Waals surface area contributed by atoms with Crippen LogP contribution in [0.5, 0.6) is 0 Å². The van der Waals surface area contributed by atoms with Gasteiger partial charge in [0.2, 0.25) is 0 Å². The fourth-order valence-corrected chi connectivity index (χ4v) is 2.31. The normalized spacial score (nSPS) is 25.4. The van der Waals surface area contributed by atoms with E-state index in [4.69, 9.17) is 10.8 Å². The van der Waals surface area contributed by atoms with Crippen LogP contribution in [0.2, 0.25) is 0 Å². The summed E-state index contributed by atoms with van der Waals surface area (Å²) in [5.41, 5.74) is 7.13. The van der Waals surface area contributed by atoms with E-state index in [2.05, 4.69) is 0 Å². The van der Waals surface area contributed by atoms with Gasteiger partial charge >= 0.3 is 6.09 Å². The molecule has 3 N–H and O–H groups in total. The van der Waals surface area contributed by atoms with Crippen LogP contribution in [-0.2, 0) is 0 Å². The van der Waals surface area contributed by atoms with Gasteiger partial charge in [-0.05, 0) is 18.4 Å². The van der Waals surface area contributed by atoms with E-state index in [0.717, 1.165) is 18.4 Å². The van der Waals surface area contributed by atoms with Gasteiger partial charge in [0, 0.05) is 12.5 Å². The minimum Gasteiger partial charge on any atom is -0.465 e. The van der Waals surface area contributed by atoms with Gasteiger partial charge in [0.15, 0.2) is 0 Å². The van der Waals surface area contributed by atoms with Gasteiger partial charge in [0.25, 0.3) is 0 Å².